The summed E-state index contributed by atoms with van der Waals surface area (Å²) in [7, 11) is 0. The van der Waals surface area contributed by atoms with Crippen molar-refractivity contribution in [3.63, 3.8) is 0 Å². The first-order valence-electron chi connectivity index (χ1n) is 5.67. The maximum atomic E-state index is 6.09. The van der Waals surface area contributed by atoms with Gasteiger partial charge < -0.3 is 10.5 Å². The van der Waals surface area contributed by atoms with Crippen LogP contribution >= 0.6 is 11.6 Å². The summed E-state index contributed by atoms with van der Waals surface area (Å²) in [5.41, 5.74) is 7.18. The van der Waals surface area contributed by atoms with Crippen LogP contribution in [0.25, 0.3) is 11.0 Å². The Labute approximate surface area is 104 Å². The van der Waals surface area contributed by atoms with Crippen LogP contribution in [0.1, 0.15) is 25.5 Å². The average Bonchev–Trinajstić information content (AvgIpc) is 2.69. The van der Waals surface area contributed by atoms with Crippen molar-refractivity contribution in [2.75, 3.05) is 12.3 Å². The Hall–Kier alpha value is -1.33. The fourth-order valence-corrected chi connectivity index (χ4v) is 2.43. The Morgan fingerprint density at radius 1 is 1.47 bits per heavy atom. The van der Waals surface area contributed by atoms with Gasteiger partial charge >= 0.3 is 0 Å². The standard InChI is InChI=1S/C11H13ClN4O/c12-10-9-7(13)4-5-14-11(9)16(15-10)8-3-1-2-6-17-8/h4-5,8H,1-3,6H2,(H2,13,14). The Bertz CT molecular complexity index is 548. The monoisotopic (exact) mass is 252 g/mol. The van der Waals surface area contributed by atoms with Gasteiger partial charge in [0.2, 0.25) is 0 Å². The summed E-state index contributed by atoms with van der Waals surface area (Å²) in [4.78, 5) is 4.29. The van der Waals surface area contributed by atoms with E-state index in [1.165, 1.54) is 0 Å². The zero-order valence-electron chi connectivity index (χ0n) is 9.27. The number of hydrogen-bond acceptors (Lipinski definition) is 4. The van der Waals surface area contributed by atoms with Crippen molar-refractivity contribution in [3.8, 4) is 0 Å². The van der Waals surface area contributed by atoms with Crippen LogP contribution in [0.15, 0.2) is 12.3 Å². The molecular weight excluding hydrogens is 240 g/mol. The fraction of sp³-hybridized carbons (Fsp3) is 0.455. The molecule has 17 heavy (non-hydrogen) atoms. The van der Waals surface area contributed by atoms with E-state index in [0.29, 0.717) is 21.9 Å². The summed E-state index contributed by atoms with van der Waals surface area (Å²) in [6, 6.07) is 1.72. The second-order valence-electron chi connectivity index (χ2n) is 4.16. The lowest BCUT2D eigenvalue weighted by Gasteiger charge is -2.22. The van der Waals surface area contributed by atoms with E-state index in [0.717, 1.165) is 25.9 Å². The summed E-state index contributed by atoms with van der Waals surface area (Å²) in [5, 5.41) is 5.39. The predicted molar refractivity (Wildman–Crippen MR) is 65.8 cm³/mol. The third kappa shape index (κ3) is 1.75. The highest BCUT2D eigenvalue weighted by Crippen LogP contribution is 2.31. The van der Waals surface area contributed by atoms with Crippen LogP contribution in [0, 0.1) is 0 Å². The van der Waals surface area contributed by atoms with Crippen LogP contribution in [0.2, 0.25) is 5.15 Å². The Kier molecular flexibility index (Phi) is 2.64. The van der Waals surface area contributed by atoms with Crippen LogP contribution in [-0.2, 0) is 4.74 Å². The number of nitrogens with two attached hydrogens (primary N) is 1. The summed E-state index contributed by atoms with van der Waals surface area (Å²) < 4.78 is 7.43. The van der Waals surface area contributed by atoms with E-state index in [1.54, 1.807) is 16.9 Å². The van der Waals surface area contributed by atoms with Gasteiger partial charge in [-0.05, 0) is 25.3 Å². The van der Waals surface area contributed by atoms with Crippen molar-refractivity contribution < 1.29 is 4.74 Å². The van der Waals surface area contributed by atoms with E-state index in [-0.39, 0.29) is 6.23 Å². The van der Waals surface area contributed by atoms with E-state index in [4.69, 9.17) is 22.1 Å². The van der Waals surface area contributed by atoms with E-state index in [1.807, 2.05) is 0 Å². The molecule has 0 spiro atoms. The second kappa shape index (κ2) is 4.16. The van der Waals surface area contributed by atoms with Gasteiger partial charge in [0, 0.05) is 18.5 Å². The number of halogens is 1. The molecule has 5 nitrogen and oxygen atoms in total. The second-order valence-corrected chi connectivity index (χ2v) is 4.51. The first kappa shape index (κ1) is 10.8. The Morgan fingerprint density at radius 3 is 3.12 bits per heavy atom. The lowest BCUT2D eigenvalue weighted by Crippen LogP contribution is -2.19. The maximum absolute atomic E-state index is 6.09. The molecule has 6 heteroatoms. The third-order valence-electron chi connectivity index (χ3n) is 3.01. The molecule has 1 aliphatic rings. The van der Waals surface area contributed by atoms with E-state index in [9.17, 15) is 0 Å². The summed E-state index contributed by atoms with van der Waals surface area (Å²) >= 11 is 6.09. The third-order valence-corrected chi connectivity index (χ3v) is 3.28. The van der Waals surface area contributed by atoms with Gasteiger partial charge in [0.1, 0.15) is 0 Å². The minimum absolute atomic E-state index is 0.0759. The number of ether oxygens (including phenoxy) is 1. The number of nitrogens with zero attached hydrogens (tertiary/aromatic N) is 3. The van der Waals surface area contributed by atoms with Gasteiger partial charge in [-0.1, -0.05) is 11.6 Å². The van der Waals surface area contributed by atoms with E-state index in [2.05, 4.69) is 10.1 Å². The zero-order valence-corrected chi connectivity index (χ0v) is 10.0. The Morgan fingerprint density at radius 2 is 2.35 bits per heavy atom. The molecule has 0 aliphatic carbocycles. The number of hydrogen-bond donors (Lipinski definition) is 1. The molecule has 1 aliphatic heterocycles. The number of nitrogen functional groups attached to an aromatic ring is 1. The normalized spacial score (nSPS) is 20.9. The molecular formula is C11H13ClN4O. The molecule has 1 saturated heterocycles. The van der Waals surface area contributed by atoms with E-state index >= 15 is 0 Å². The Balaban J connectivity index is 2.13. The number of pyridine rings is 1. The molecule has 1 unspecified atom stereocenters. The van der Waals surface area contributed by atoms with Gasteiger partial charge in [0.05, 0.1) is 5.39 Å². The first-order chi connectivity index (χ1) is 8.27. The molecule has 3 rings (SSSR count). The van der Waals surface area contributed by atoms with Crippen molar-refractivity contribution in [2.24, 2.45) is 0 Å². The molecule has 2 aromatic rings. The smallest absolute Gasteiger partial charge is 0.164 e. The highest BCUT2D eigenvalue weighted by molar-refractivity contribution is 6.35. The van der Waals surface area contributed by atoms with Crippen LogP contribution in [0.5, 0.6) is 0 Å². The summed E-state index contributed by atoms with van der Waals surface area (Å²) in [5.74, 6) is 0. The van der Waals surface area contributed by atoms with Gasteiger partial charge in [-0.25, -0.2) is 9.67 Å². The summed E-state index contributed by atoms with van der Waals surface area (Å²) in [6.07, 6.45) is 4.75. The van der Waals surface area contributed by atoms with Crippen LogP contribution in [0.4, 0.5) is 5.69 Å². The SMILES string of the molecule is Nc1ccnc2c1c(Cl)nn2C1CCCCO1. The van der Waals surface area contributed by atoms with Crippen molar-refractivity contribution in [1.29, 1.82) is 0 Å². The van der Waals surface area contributed by atoms with Crippen LogP contribution in [0.3, 0.4) is 0 Å². The first-order valence-corrected chi connectivity index (χ1v) is 6.05. The molecule has 0 aromatic carbocycles. The zero-order chi connectivity index (χ0) is 11.8. The van der Waals surface area contributed by atoms with Gasteiger partial charge in [-0.3, -0.25) is 0 Å². The fourth-order valence-electron chi connectivity index (χ4n) is 2.16. The van der Waals surface area contributed by atoms with Gasteiger partial charge in [-0.15, -0.1) is 0 Å². The predicted octanol–water partition coefficient (Wildman–Crippen LogP) is 2.37. The molecule has 0 radical (unpaired) electrons. The molecule has 1 fully saturated rings. The van der Waals surface area contributed by atoms with Crippen LogP contribution < -0.4 is 5.73 Å². The average molecular weight is 253 g/mol. The largest absolute Gasteiger partial charge is 0.398 e. The quantitative estimate of drug-likeness (QED) is 0.846. The molecule has 2 N–H and O–H groups in total. The summed E-state index contributed by atoms with van der Waals surface area (Å²) in [6.45, 7) is 0.756. The van der Waals surface area contributed by atoms with Gasteiger partial charge in [0.25, 0.3) is 0 Å². The molecule has 1 atom stereocenters. The minimum Gasteiger partial charge on any atom is -0.398 e. The maximum Gasteiger partial charge on any atom is 0.164 e. The number of rotatable bonds is 1. The highest BCUT2D eigenvalue weighted by atomic mass is 35.5. The minimum atomic E-state index is -0.0759. The molecule has 2 aromatic heterocycles. The number of anilines is 1. The van der Waals surface area contributed by atoms with Crippen molar-refractivity contribution in [2.45, 2.75) is 25.5 Å². The highest BCUT2D eigenvalue weighted by Gasteiger charge is 2.22. The lowest BCUT2D eigenvalue weighted by atomic mass is 10.2. The van der Waals surface area contributed by atoms with Crippen molar-refractivity contribution in [3.05, 3.63) is 17.4 Å². The number of fused-ring (bicyclic) bond motifs is 1. The molecule has 0 bridgehead atoms. The molecule has 0 saturated carbocycles. The van der Waals surface area contributed by atoms with Crippen molar-refractivity contribution >= 4 is 28.3 Å². The van der Waals surface area contributed by atoms with Crippen molar-refractivity contribution in [1.82, 2.24) is 14.8 Å². The molecule has 0 amide bonds. The number of aromatic nitrogens is 3. The topological polar surface area (TPSA) is 66.0 Å². The van der Waals surface area contributed by atoms with E-state index < -0.39 is 0 Å². The van der Waals surface area contributed by atoms with Crippen LogP contribution in [-0.4, -0.2) is 21.4 Å². The lowest BCUT2D eigenvalue weighted by molar-refractivity contribution is -0.0369. The molecule has 3 heterocycles. The molecule has 90 valence electrons. The van der Waals surface area contributed by atoms with Gasteiger partial charge in [0.15, 0.2) is 17.0 Å². The van der Waals surface area contributed by atoms with Gasteiger partial charge in [-0.2, -0.15) is 5.10 Å².